The predicted molar refractivity (Wildman–Crippen MR) is 100 cm³/mol. The van der Waals surface area contributed by atoms with E-state index in [2.05, 4.69) is 5.32 Å². The number of methoxy groups -OCH3 is 1. The average Bonchev–Trinajstić information content (AvgIpc) is 3.20. The highest BCUT2D eigenvalue weighted by molar-refractivity contribution is 5.76. The molecule has 1 aliphatic rings. The largest absolute Gasteiger partial charge is 0.493 e. The van der Waals surface area contributed by atoms with Crippen LogP contribution >= 0.6 is 0 Å². The Morgan fingerprint density at radius 1 is 1.31 bits per heavy atom. The molecule has 0 bridgehead atoms. The Bertz CT molecular complexity index is 633. The van der Waals surface area contributed by atoms with Gasteiger partial charge in [-0.3, -0.25) is 4.79 Å². The number of carbonyl (C=O) groups excluding carboxylic acids is 1. The molecule has 9 heteroatoms. The minimum absolute atomic E-state index is 0.0148. The number of nitrogens with one attached hydrogen (secondary N) is 1. The molecule has 1 atom stereocenters. The molecule has 1 N–H and O–H groups in total. The zero-order valence-electron chi connectivity index (χ0n) is 16.6. The van der Waals surface area contributed by atoms with Crippen LogP contribution in [0.2, 0.25) is 0 Å². The Morgan fingerprint density at radius 2 is 2.14 bits per heavy atom. The second kappa shape index (κ2) is 11.9. The number of ether oxygens (including phenoxy) is 4. The number of amides is 1. The molecular formula is C20H28F3NO5. The summed E-state index contributed by atoms with van der Waals surface area (Å²) in [6, 6.07) is 4.63. The number of alkyl halides is 3. The van der Waals surface area contributed by atoms with Crippen molar-refractivity contribution in [1.29, 1.82) is 0 Å². The fourth-order valence-corrected chi connectivity index (χ4v) is 2.89. The standard InChI is InChI=1S/C20H28F3NO5/c1-26-18-12-15(5-7-17(18)29-14-20(21,22)23)6-8-19(25)24-9-3-10-27-13-16-4-2-11-28-16/h5,7,12,16H,2-4,6,8-11,13-14H2,1H3,(H,24,25). The van der Waals surface area contributed by atoms with Gasteiger partial charge in [0.25, 0.3) is 0 Å². The quantitative estimate of drug-likeness (QED) is 0.527. The van der Waals surface area contributed by atoms with Crippen LogP contribution < -0.4 is 14.8 Å². The molecule has 1 heterocycles. The maximum atomic E-state index is 12.3. The lowest BCUT2D eigenvalue weighted by Gasteiger charge is -2.13. The molecule has 1 unspecified atom stereocenters. The molecular weight excluding hydrogens is 391 g/mol. The number of benzene rings is 1. The van der Waals surface area contributed by atoms with Gasteiger partial charge < -0.3 is 24.3 Å². The molecule has 164 valence electrons. The third-order valence-corrected chi connectivity index (χ3v) is 4.38. The maximum absolute atomic E-state index is 12.3. The van der Waals surface area contributed by atoms with Gasteiger partial charge >= 0.3 is 6.18 Å². The van der Waals surface area contributed by atoms with Crippen LogP contribution in [0, 0.1) is 0 Å². The Hall–Kier alpha value is -2.00. The highest BCUT2D eigenvalue weighted by Gasteiger charge is 2.29. The van der Waals surface area contributed by atoms with Gasteiger partial charge in [0.1, 0.15) is 0 Å². The van der Waals surface area contributed by atoms with Gasteiger partial charge in [-0.05, 0) is 43.4 Å². The summed E-state index contributed by atoms with van der Waals surface area (Å²) in [6.45, 7) is 1.11. The van der Waals surface area contributed by atoms with Crippen LogP contribution in [0.15, 0.2) is 18.2 Å². The minimum Gasteiger partial charge on any atom is -0.493 e. The molecule has 0 aromatic heterocycles. The molecule has 0 saturated carbocycles. The summed E-state index contributed by atoms with van der Waals surface area (Å²) in [5.41, 5.74) is 0.774. The van der Waals surface area contributed by atoms with Gasteiger partial charge in [0.05, 0.1) is 19.8 Å². The first kappa shape index (κ1) is 23.3. The van der Waals surface area contributed by atoms with E-state index in [4.69, 9.17) is 18.9 Å². The average molecular weight is 419 g/mol. The lowest BCUT2D eigenvalue weighted by Crippen LogP contribution is -2.26. The third kappa shape index (κ3) is 9.36. The Kier molecular flexibility index (Phi) is 9.53. The van der Waals surface area contributed by atoms with E-state index in [9.17, 15) is 18.0 Å². The molecule has 2 rings (SSSR count). The van der Waals surface area contributed by atoms with E-state index in [1.807, 2.05) is 0 Å². The molecule has 1 aromatic rings. The Balaban J connectivity index is 1.63. The van der Waals surface area contributed by atoms with Crippen molar-refractivity contribution in [3.63, 3.8) is 0 Å². The van der Waals surface area contributed by atoms with Crippen molar-refractivity contribution in [2.24, 2.45) is 0 Å². The van der Waals surface area contributed by atoms with Gasteiger partial charge in [-0.2, -0.15) is 13.2 Å². The number of hydrogen-bond donors (Lipinski definition) is 1. The Morgan fingerprint density at radius 3 is 2.83 bits per heavy atom. The summed E-state index contributed by atoms with van der Waals surface area (Å²) >= 11 is 0. The van der Waals surface area contributed by atoms with Gasteiger partial charge in [-0.25, -0.2) is 0 Å². The molecule has 1 aromatic carbocycles. The summed E-state index contributed by atoms with van der Waals surface area (Å²) in [4.78, 5) is 11.9. The molecule has 1 saturated heterocycles. The highest BCUT2D eigenvalue weighted by atomic mass is 19.4. The van der Waals surface area contributed by atoms with Crippen LogP contribution in [0.5, 0.6) is 11.5 Å². The molecule has 1 fully saturated rings. The molecule has 0 radical (unpaired) electrons. The molecule has 6 nitrogen and oxygen atoms in total. The molecule has 0 spiro atoms. The fourth-order valence-electron chi connectivity index (χ4n) is 2.89. The van der Waals surface area contributed by atoms with E-state index in [-0.39, 0.29) is 29.9 Å². The summed E-state index contributed by atoms with van der Waals surface area (Å²) < 4.78 is 57.7. The first-order valence-electron chi connectivity index (χ1n) is 9.70. The smallest absolute Gasteiger partial charge is 0.422 e. The number of aryl methyl sites for hydroxylation is 1. The zero-order chi connectivity index (χ0) is 21.1. The highest BCUT2D eigenvalue weighted by Crippen LogP contribution is 2.30. The van der Waals surface area contributed by atoms with E-state index in [0.717, 1.165) is 31.4 Å². The van der Waals surface area contributed by atoms with E-state index >= 15 is 0 Å². The van der Waals surface area contributed by atoms with E-state index in [0.29, 0.717) is 26.2 Å². The number of rotatable bonds is 12. The van der Waals surface area contributed by atoms with Crippen LogP contribution in [-0.4, -0.2) is 58.3 Å². The van der Waals surface area contributed by atoms with Gasteiger partial charge in [0.2, 0.25) is 5.91 Å². The minimum atomic E-state index is -4.42. The first-order valence-corrected chi connectivity index (χ1v) is 9.70. The topological polar surface area (TPSA) is 66.0 Å². The van der Waals surface area contributed by atoms with Crippen LogP contribution in [0.1, 0.15) is 31.2 Å². The van der Waals surface area contributed by atoms with Gasteiger partial charge in [0, 0.05) is 26.2 Å². The number of carbonyl (C=O) groups is 1. The first-order chi connectivity index (χ1) is 13.9. The summed E-state index contributed by atoms with van der Waals surface area (Å²) in [5, 5.41) is 2.83. The van der Waals surface area contributed by atoms with E-state index in [1.54, 1.807) is 12.1 Å². The summed E-state index contributed by atoms with van der Waals surface area (Å²) in [7, 11) is 1.35. The van der Waals surface area contributed by atoms with Crippen molar-refractivity contribution >= 4 is 5.91 Å². The maximum Gasteiger partial charge on any atom is 0.422 e. The number of hydrogen-bond acceptors (Lipinski definition) is 5. The molecule has 29 heavy (non-hydrogen) atoms. The van der Waals surface area contributed by atoms with Crippen molar-refractivity contribution in [3.8, 4) is 11.5 Å². The lowest BCUT2D eigenvalue weighted by molar-refractivity contribution is -0.153. The summed E-state index contributed by atoms with van der Waals surface area (Å²) in [6.07, 6.45) is -0.669. The second-order valence-corrected chi connectivity index (χ2v) is 6.80. The van der Waals surface area contributed by atoms with Crippen LogP contribution in [0.3, 0.4) is 0 Å². The fraction of sp³-hybridized carbons (Fsp3) is 0.650. The van der Waals surface area contributed by atoms with E-state index in [1.165, 1.54) is 13.2 Å². The van der Waals surface area contributed by atoms with Crippen LogP contribution in [0.4, 0.5) is 13.2 Å². The van der Waals surface area contributed by atoms with E-state index < -0.39 is 12.8 Å². The lowest BCUT2D eigenvalue weighted by atomic mass is 10.1. The SMILES string of the molecule is COc1cc(CCC(=O)NCCCOCC2CCCO2)ccc1OCC(F)(F)F. The van der Waals surface area contributed by atoms with Crippen LogP contribution in [-0.2, 0) is 20.7 Å². The monoisotopic (exact) mass is 419 g/mol. The number of halogens is 3. The normalized spacial score (nSPS) is 16.6. The van der Waals surface area contributed by atoms with Crippen molar-refractivity contribution < 1.29 is 36.9 Å². The van der Waals surface area contributed by atoms with Crippen molar-refractivity contribution in [2.75, 3.05) is 40.1 Å². The Labute approximate surface area is 168 Å². The summed E-state index contributed by atoms with van der Waals surface area (Å²) in [5.74, 6) is 0.122. The van der Waals surface area contributed by atoms with Crippen molar-refractivity contribution in [3.05, 3.63) is 23.8 Å². The van der Waals surface area contributed by atoms with Crippen molar-refractivity contribution in [1.82, 2.24) is 5.32 Å². The van der Waals surface area contributed by atoms with Crippen molar-refractivity contribution in [2.45, 2.75) is 44.4 Å². The molecule has 0 aliphatic carbocycles. The third-order valence-electron chi connectivity index (χ3n) is 4.38. The molecule has 1 amide bonds. The predicted octanol–water partition coefficient (Wildman–Crippen LogP) is 3.27. The van der Waals surface area contributed by atoms with Gasteiger partial charge in [0.15, 0.2) is 18.1 Å². The molecule has 1 aliphatic heterocycles. The second-order valence-electron chi connectivity index (χ2n) is 6.80. The van der Waals surface area contributed by atoms with Gasteiger partial charge in [-0.1, -0.05) is 6.07 Å². The van der Waals surface area contributed by atoms with Crippen LogP contribution in [0.25, 0.3) is 0 Å². The van der Waals surface area contributed by atoms with Gasteiger partial charge in [-0.15, -0.1) is 0 Å². The zero-order valence-corrected chi connectivity index (χ0v) is 16.6.